The third-order valence-corrected chi connectivity index (χ3v) is 6.27. The molecule has 2 aromatic heterocycles. The number of hydrogen-bond donors (Lipinski definition) is 2. The lowest BCUT2D eigenvalue weighted by molar-refractivity contribution is 0.602. The first kappa shape index (κ1) is 15.6. The Balaban J connectivity index is 2.03. The molecule has 3 rings (SSSR count). The summed E-state index contributed by atoms with van der Waals surface area (Å²) in [6.07, 6.45) is 2.12. The molecule has 2 heterocycles. The summed E-state index contributed by atoms with van der Waals surface area (Å²) < 4.78 is 31.6. The topological polar surface area (TPSA) is 74.8 Å². The van der Waals surface area contributed by atoms with Crippen molar-refractivity contribution in [2.75, 3.05) is 4.72 Å². The van der Waals surface area contributed by atoms with Gasteiger partial charge in [0.1, 0.15) is 4.90 Å². The van der Waals surface area contributed by atoms with Crippen molar-refractivity contribution in [3.05, 3.63) is 39.3 Å². The molecule has 0 radical (unpaired) electrons. The molecule has 22 heavy (non-hydrogen) atoms. The lowest BCUT2D eigenvalue weighted by atomic mass is 10.2. The summed E-state index contributed by atoms with van der Waals surface area (Å²) >= 11 is 13.2. The van der Waals surface area contributed by atoms with Crippen LogP contribution >= 0.6 is 34.7 Å². The van der Waals surface area contributed by atoms with Gasteiger partial charge in [0, 0.05) is 27.0 Å². The molecule has 0 aliphatic rings. The van der Waals surface area contributed by atoms with E-state index in [0.717, 1.165) is 4.88 Å². The van der Waals surface area contributed by atoms with Gasteiger partial charge in [-0.3, -0.25) is 4.72 Å². The van der Waals surface area contributed by atoms with Crippen LogP contribution in [0.4, 0.5) is 5.82 Å². The molecule has 0 unspecified atom stereocenters. The van der Waals surface area contributed by atoms with Crippen LogP contribution < -0.4 is 4.72 Å². The van der Waals surface area contributed by atoms with Crippen molar-refractivity contribution >= 4 is 61.5 Å². The zero-order valence-electron chi connectivity index (χ0n) is 11.4. The molecule has 1 aromatic carbocycles. The lowest BCUT2D eigenvalue weighted by Gasteiger charge is -2.05. The molecule has 0 saturated carbocycles. The normalized spacial score (nSPS) is 12.0. The van der Waals surface area contributed by atoms with Gasteiger partial charge in [0.25, 0.3) is 10.0 Å². The third-order valence-electron chi connectivity index (χ3n) is 3.15. The van der Waals surface area contributed by atoms with E-state index in [1.807, 2.05) is 6.92 Å². The van der Waals surface area contributed by atoms with Crippen LogP contribution in [0.3, 0.4) is 0 Å². The minimum atomic E-state index is -3.79. The second-order valence-corrected chi connectivity index (χ2v) is 7.89. The van der Waals surface area contributed by atoms with E-state index in [0.29, 0.717) is 27.4 Å². The number of sulfonamides is 1. The number of anilines is 1. The molecular formula is C13H11Cl2N3O2S2. The van der Waals surface area contributed by atoms with Crippen molar-refractivity contribution in [2.45, 2.75) is 18.2 Å². The summed E-state index contributed by atoms with van der Waals surface area (Å²) in [5.74, 6) is 0.159. The number of aryl methyl sites for hydroxylation is 1. The van der Waals surface area contributed by atoms with Gasteiger partial charge in [-0.05, 0) is 36.2 Å². The number of halogens is 2. The number of hydrogen-bond acceptors (Lipinski definition) is 4. The largest absolute Gasteiger partial charge is 0.360 e. The molecule has 0 bridgehead atoms. The van der Waals surface area contributed by atoms with Crippen molar-refractivity contribution in [1.29, 1.82) is 0 Å². The molecule has 0 atom stereocenters. The first-order valence-electron chi connectivity index (χ1n) is 6.36. The van der Waals surface area contributed by atoms with Gasteiger partial charge >= 0.3 is 0 Å². The number of nitrogens with one attached hydrogen (secondary N) is 2. The molecule has 0 amide bonds. The van der Waals surface area contributed by atoms with Crippen LogP contribution in [-0.2, 0) is 16.4 Å². The van der Waals surface area contributed by atoms with Crippen molar-refractivity contribution in [2.24, 2.45) is 0 Å². The van der Waals surface area contributed by atoms with Crippen LogP contribution in [0.25, 0.3) is 10.9 Å². The van der Waals surface area contributed by atoms with Gasteiger partial charge in [-0.1, -0.05) is 30.1 Å². The average molecular weight is 376 g/mol. The minimum Gasteiger partial charge on any atom is -0.360 e. The Morgan fingerprint density at radius 3 is 2.82 bits per heavy atom. The number of aromatic amines is 1. The number of aromatic nitrogens is 2. The van der Waals surface area contributed by atoms with E-state index in [-0.39, 0.29) is 10.7 Å². The van der Waals surface area contributed by atoms with Crippen molar-refractivity contribution in [3.63, 3.8) is 0 Å². The molecule has 2 N–H and O–H groups in total. The van der Waals surface area contributed by atoms with E-state index in [1.165, 1.54) is 17.7 Å². The monoisotopic (exact) mass is 375 g/mol. The van der Waals surface area contributed by atoms with Crippen LogP contribution in [0, 0.1) is 0 Å². The summed E-state index contributed by atoms with van der Waals surface area (Å²) in [7, 11) is -3.79. The van der Waals surface area contributed by atoms with Crippen molar-refractivity contribution < 1.29 is 8.42 Å². The van der Waals surface area contributed by atoms with Gasteiger partial charge in [0.05, 0.1) is 5.02 Å². The molecule has 0 fully saturated rings. The number of rotatable bonds is 4. The summed E-state index contributed by atoms with van der Waals surface area (Å²) in [6.45, 7) is 1.93. The van der Waals surface area contributed by atoms with Gasteiger partial charge < -0.3 is 4.98 Å². The highest BCUT2D eigenvalue weighted by molar-refractivity contribution is 7.93. The van der Waals surface area contributed by atoms with Crippen LogP contribution in [0.5, 0.6) is 0 Å². The smallest absolute Gasteiger partial charge is 0.265 e. The van der Waals surface area contributed by atoms with E-state index in [4.69, 9.17) is 23.2 Å². The molecule has 0 spiro atoms. The second-order valence-electron chi connectivity index (χ2n) is 4.57. The van der Waals surface area contributed by atoms with Crippen molar-refractivity contribution in [3.8, 4) is 0 Å². The Morgan fingerprint density at radius 1 is 1.36 bits per heavy atom. The molecule has 3 aromatic rings. The summed E-state index contributed by atoms with van der Waals surface area (Å²) in [5, 5.41) is 1.43. The lowest BCUT2D eigenvalue weighted by Crippen LogP contribution is -2.13. The zero-order valence-corrected chi connectivity index (χ0v) is 14.5. The van der Waals surface area contributed by atoms with Gasteiger partial charge in [-0.15, -0.1) is 0 Å². The summed E-state index contributed by atoms with van der Waals surface area (Å²) in [6, 6.07) is 4.96. The first-order chi connectivity index (χ1) is 10.4. The van der Waals surface area contributed by atoms with Gasteiger partial charge in [0.15, 0.2) is 5.82 Å². The SMILES string of the molecule is CCc1snc(NS(=O)(=O)c2c[nH]c3cc(Cl)ccc23)c1Cl. The fourth-order valence-electron chi connectivity index (χ4n) is 2.07. The highest BCUT2D eigenvalue weighted by Crippen LogP contribution is 2.32. The predicted molar refractivity (Wildman–Crippen MR) is 90.6 cm³/mol. The molecular weight excluding hydrogens is 365 g/mol. The Hall–Kier alpha value is -1.28. The maximum Gasteiger partial charge on any atom is 0.265 e. The highest BCUT2D eigenvalue weighted by Gasteiger charge is 2.22. The second kappa shape index (κ2) is 5.73. The quantitative estimate of drug-likeness (QED) is 0.713. The molecule has 0 saturated heterocycles. The third kappa shape index (κ3) is 2.69. The summed E-state index contributed by atoms with van der Waals surface area (Å²) in [5.41, 5.74) is 0.645. The highest BCUT2D eigenvalue weighted by atomic mass is 35.5. The van der Waals surface area contributed by atoms with E-state index >= 15 is 0 Å². The van der Waals surface area contributed by atoms with Crippen LogP contribution in [0.2, 0.25) is 10.0 Å². The summed E-state index contributed by atoms with van der Waals surface area (Å²) in [4.78, 5) is 3.86. The van der Waals surface area contributed by atoms with E-state index in [9.17, 15) is 8.42 Å². The Labute approximate surface area is 141 Å². The molecule has 0 aliphatic heterocycles. The standard InChI is InChI=1S/C13H11Cl2N3O2S2/c1-2-10-12(15)13(17-21-10)18-22(19,20)11-6-16-9-5-7(14)3-4-8(9)11/h3-6,16H,2H2,1H3,(H,17,18). The number of benzene rings is 1. The van der Waals surface area contributed by atoms with Crippen LogP contribution in [-0.4, -0.2) is 17.8 Å². The number of nitrogens with zero attached hydrogens (tertiary/aromatic N) is 1. The molecule has 116 valence electrons. The fourth-order valence-corrected chi connectivity index (χ4v) is 4.57. The predicted octanol–water partition coefficient (Wildman–Crippen LogP) is 4.29. The van der Waals surface area contributed by atoms with Crippen molar-refractivity contribution in [1.82, 2.24) is 9.36 Å². The van der Waals surface area contributed by atoms with Gasteiger partial charge in [-0.25, -0.2) is 8.42 Å². The van der Waals surface area contributed by atoms with E-state index in [1.54, 1.807) is 18.2 Å². The minimum absolute atomic E-state index is 0.126. The average Bonchev–Trinajstić information content (AvgIpc) is 3.03. The number of fused-ring (bicyclic) bond motifs is 1. The molecule has 9 heteroatoms. The Bertz CT molecular complexity index is 948. The van der Waals surface area contributed by atoms with Crippen LogP contribution in [0.1, 0.15) is 11.8 Å². The van der Waals surface area contributed by atoms with Gasteiger partial charge in [0.2, 0.25) is 0 Å². The van der Waals surface area contributed by atoms with E-state index < -0.39 is 10.0 Å². The van der Waals surface area contributed by atoms with Crippen LogP contribution in [0.15, 0.2) is 29.3 Å². The zero-order chi connectivity index (χ0) is 15.9. The maximum absolute atomic E-state index is 12.6. The van der Waals surface area contributed by atoms with E-state index in [2.05, 4.69) is 14.1 Å². The fraction of sp³-hybridized carbons (Fsp3) is 0.154. The molecule has 0 aliphatic carbocycles. The Kier molecular flexibility index (Phi) is 4.07. The molecule has 5 nitrogen and oxygen atoms in total. The maximum atomic E-state index is 12.6. The Morgan fingerprint density at radius 2 is 2.14 bits per heavy atom. The van der Waals surface area contributed by atoms with Gasteiger partial charge in [-0.2, -0.15) is 4.37 Å². The number of H-pyrrole nitrogens is 1. The first-order valence-corrected chi connectivity index (χ1v) is 9.37.